The van der Waals surface area contributed by atoms with Gasteiger partial charge in [-0.25, -0.2) is 33.7 Å². The van der Waals surface area contributed by atoms with Gasteiger partial charge >= 0.3 is 0 Å². The molecule has 0 aliphatic heterocycles. The Balaban J connectivity index is 3.33. The van der Waals surface area contributed by atoms with Crippen LogP contribution in [0.25, 0.3) is 0 Å². The van der Waals surface area contributed by atoms with Crippen LogP contribution in [0.3, 0.4) is 0 Å². The molecule has 1 aromatic carbocycles. The van der Waals surface area contributed by atoms with Crippen molar-refractivity contribution in [3.8, 4) is 0 Å². The van der Waals surface area contributed by atoms with Crippen LogP contribution in [-0.2, 0) is 39.3 Å². The summed E-state index contributed by atoms with van der Waals surface area (Å²) in [6.45, 7) is 8.93. The molecule has 462 valence electrons. The largest absolute Gasteiger partial charge is 0.224 e. The average Bonchev–Trinajstić information content (AvgIpc) is 3.58. The maximum absolute atomic E-state index is 14.7. The van der Waals surface area contributed by atoms with E-state index in [1.54, 1.807) is 0 Å². The predicted octanol–water partition coefficient (Wildman–Crippen LogP) is 21.1. The molecular formula is C66H126O8S4. The van der Waals surface area contributed by atoms with Crippen LogP contribution in [0.2, 0.25) is 0 Å². The Morgan fingerprint density at radius 2 is 0.359 bits per heavy atom. The molecule has 0 N–H and O–H groups in total. The number of rotatable bonds is 60. The van der Waals surface area contributed by atoms with Gasteiger partial charge in [0.05, 0.1) is 37.7 Å². The van der Waals surface area contributed by atoms with Crippen LogP contribution in [0.15, 0.2) is 31.7 Å². The topological polar surface area (TPSA) is 137 Å². The molecule has 0 aliphatic rings. The van der Waals surface area contributed by atoms with Gasteiger partial charge in [0.2, 0.25) is 0 Å². The summed E-state index contributed by atoms with van der Waals surface area (Å²) in [5.74, 6) is -1.38. The molecule has 0 amide bonds. The van der Waals surface area contributed by atoms with Gasteiger partial charge in [0.25, 0.3) is 0 Å². The van der Waals surface area contributed by atoms with E-state index in [2.05, 4.69) is 27.7 Å². The quantitative estimate of drug-likeness (QED) is 0.0588. The zero-order chi connectivity index (χ0) is 57.3. The van der Waals surface area contributed by atoms with E-state index in [1.165, 1.54) is 186 Å². The van der Waals surface area contributed by atoms with Crippen LogP contribution in [0.4, 0.5) is 0 Å². The lowest BCUT2D eigenvalue weighted by Crippen LogP contribution is -2.22. The fraction of sp³-hybridized carbons (Fsp3) is 0.909. The van der Waals surface area contributed by atoms with Crippen LogP contribution in [0.5, 0.6) is 0 Å². The third-order valence-electron chi connectivity index (χ3n) is 16.4. The number of benzene rings is 1. The Morgan fingerprint density at radius 1 is 0.205 bits per heavy atom. The predicted molar refractivity (Wildman–Crippen MR) is 337 cm³/mol. The van der Waals surface area contributed by atoms with E-state index in [4.69, 9.17) is 0 Å². The molecule has 0 aromatic heterocycles. The van der Waals surface area contributed by atoms with E-state index in [0.29, 0.717) is 32.1 Å². The van der Waals surface area contributed by atoms with Gasteiger partial charge in [-0.2, -0.15) is 0 Å². The van der Waals surface area contributed by atoms with Crippen LogP contribution in [0, 0.1) is 0 Å². The Kier molecular flexibility index (Phi) is 47.6. The Bertz CT molecular complexity index is 1920. The SMILES string of the molecule is CCCCCCCCCCCCCCCS(=O)(=O)c1cc(S(=O)(=O)CCCCCCCCCCCCCCC)c(S(=O)(=O)CCCCCCCCCCCCCCC)c(S(=O)(=O)CCCCCCCCCCCCCCC)c1. The molecule has 12 heteroatoms. The van der Waals surface area contributed by atoms with Crippen molar-refractivity contribution in [2.75, 3.05) is 23.0 Å². The highest BCUT2D eigenvalue weighted by Gasteiger charge is 2.36. The number of hydrogen-bond acceptors (Lipinski definition) is 8. The molecule has 0 radical (unpaired) electrons. The monoisotopic (exact) mass is 1170 g/mol. The maximum atomic E-state index is 14.7. The lowest BCUT2D eigenvalue weighted by atomic mass is 10.1. The highest BCUT2D eigenvalue weighted by atomic mass is 32.2. The van der Waals surface area contributed by atoms with Crippen LogP contribution in [-0.4, -0.2) is 56.7 Å². The molecule has 0 bridgehead atoms. The van der Waals surface area contributed by atoms with Crippen molar-refractivity contribution < 1.29 is 33.7 Å². The molecule has 0 atom stereocenters. The fourth-order valence-corrected chi connectivity index (χ4v) is 18.9. The normalized spacial score (nSPS) is 12.6. The lowest BCUT2D eigenvalue weighted by molar-refractivity contribution is 0.538. The number of hydrogen-bond donors (Lipinski definition) is 0. The number of sulfone groups is 4. The van der Waals surface area contributed by atoms with Gasteiger partial charge in [0, 0.05) is 0 Å². The van der Waals surface area contributed by atoms with Gasteiger partial charge in [-0.05, 0) is 37.8 Å². The van der Waals surface area contributed by atoms with Gasteiger partial charge in [-0.1, -0.05) is 336 Å². The summed E-state index contributed by atoms with van der Waals surface area (Å²) in [7, 11) is -17.5. The second kappa shape index (κ2) is 49.4. The summed E-state index contributed by atoms with van der Waals surface area (Å²) in [5, 5.41) is 0. The van der Waals surface area contributed by atoms with Crippen molar-refractivity contribution in [1.29, 1.82) is 0 Å². The minimum absolute atomic E-state index is 0.257. The van der Waals surface area contributed by atoms with E-state index in [9.17, 15) is 33.7 Å². The zero-order valence-corrected chi connectivity index (χ0v) is 54.9. The van der Waals surface area contributed by atoms with Gasteiger partial charge < -0.3 is 0 Å². The van der Waals surface area contributed by atoms with Gasteiger partial charge in [0.1, 0.15) is 4.90 Å². The standard InChI is InChI=1S/C66H126O8S4/c1-5-9-13-17-21-25-29-33-37-41-45-49-53-57-75(67,68)63-61-64(76(69,70)58-54-50-46-42-38-34-30-26-22-18-14-10-6-2)66(78(73,74)60-56-52-48-44-40-36-32-28-24-20-16-12-8-4)65(62-63)77(71,72)59-55-51-47-43-39-35-31-27-23-19-15-11-7-3/h61-62H,5-60H2,1-4H3. The molecule has 0 fully saturated rings. The summed E-state index contributed by atoms with van der Waals surface area (Å²) in [6.07, 6.45) is 55.8. The van der Waals surface area contributed by atoms with E-state index < -0.39 is 64.7 Å². The molecule has 1 rings (SSSR count). The third-order valence-corrected chi connectivity index (χ3v) is 24.0. The highest BCUT2D eigenvalue weighted by Crippen LogP contribution is 2.36. The first-order valence-corrected chi connectivity index (χ1v) is 40.4. The van der Waals surface area contributed by atoms with Crippen molar-refractivity contribution >= 4 is 39.3 Å². The highest BCUT2D eigenvalue weighted by molar-refractivity contribution is 7.96. The van der Waals surface area contributed by atoms with Crippen molar-refractivity contribution in [3.63, 3.8) is 0 Å². The first-order chi connectivity index (χ1) is 37.7. The van der Waals surface area contributed by atoms with Crippen molar-refractivity contribution in [3.05, 3.63) is 12.1 Å². The molecule has 0 unspecified atom stereocenters. The molecule has 0 saturated carbocycles. The molecule has 0 saturated heterocycles. The summed E-state index contributed by atoms with van der Waals surface area (Å²) in [4.78, 5) is -2.35. The van der Waals surface area contributed by atoms with Gasteiger partial charge in [0.15, 0.2) is 39.3 Å². The third kappa shape index (κ3) is 38.7. The van der Waals surface area contributed by atoms with Crippen molar-refractivity contribution in [2.45, 2.75) is 381 Å². The Morgan fingerprint density at radius 3 is 0.551 bits per heavy atom. The second-order valence-electron chi connectivity index (χ2n) is 24.0. The van der Waals surface area contributed by atoms with E-state index >= 15 is 0 Å². The first kappa shape index (κ1) is 75.0. The van der Waals surface area contributed by atoms with Crippen LogP contribution < -0.4 is 0 Å². The summed E-state index contributed by atoms with van der Waals surface area (Å²) < 4.78 is 117. The summed E-state index contributed by atoms with van der Waals surface area (Å²) >= 11 is 0. The van der Waals surface area contributed by atoms with Crippen LogP contribution in [0.1, 0.15) is 362 Å². The summed E-state index contributed by atoms with van der Waals surface area (Å²) in [5.41, 5.74) is 0. The van der Waals surface area contributed by atoms with Crippen molar-refractivity contribution in [2.24, 2.45) is 0 Å². The fourth-order valence-electron chi connectivity index (χ4n) is 11.2. The molecule has 0 heterocycles. The maximum Gasteiger partial charge on any atom is 0.180 e. The first-order valence-electron chi connectivity index (χ1n) is 33.8. The molecule has 78 heavy (non-hydrogen) atoms. The molecular weight excluding hydrogens is 1050 g/mol. The van der Waals surface area contributed by atoms with Gasteiger partial charge in [-0.3, -0.25) is 0 Å². The number of unbranched alkanes of at least 4 members (excludes halogenated alkanes) is 48. The van der Waals surface area contributed by atoms with E-state index in [-0.39, 0.29) is 36.5 Å². The zero-order valence-electron chi connectivity index (χ0n) is 51.7. The smallest absolute Gasteiger partial charge is 0.180 e. The van der Waals surface area contributed by atoms with Crippen molar-refractivity contribution in [1.82, 2.24) is 0 Å². The van der Waals surface area contributed by atoms with E-state index in [1.807, 2.05) is 0 Å². The summed E-state index contributed by atoms with van der Waals surface area (Å²) in [6, 6.07) is 2.05. The lowest BCUT2D eigenvalue weighted by Gasteiger charge is -2.19. The average molecular weight is 1180 g/mol. The minimum atomic E-state index is -4.47. The molecule has 1 aromatic rings. The molecule has 0 spiro atoms. The second-order valence-corrected chi connectivity index (χ2v) is 32.3. The van der Waals surface area contributed by atoms with Crippen LogP contribution >= 0.6 is 0 Å². The van der Waals surface area contributed by atoms with E-state index in [0.717, 1.165) is 108 Å². The Labute approximate surface area is 486 Å². The molecule has 8 nitrogen and oxygen atoms in total. The minimum Gasteiger partial charge on any atom is -0.224 e. The Hall–Kier alpha value is -0.980. The van der Waals surface area contributed by atoms with Gasteiger partial charge in [-0.15, -0.1) is 0 Å². The molecule has 0 aliphatic carbocycles.